The number of hydrogen-bond donors (Lipinski definition) is 2. The molecule has 0 spiro atoms. The van der Waals surface area contributed by atoms with E-state index in [1.807, 2.05) is 0 Å². The number of carbonyl (C=O) groups is 1. The average molecular weight is 339 g/mol. The second-order valence-electron chi connectivity index (χ2n) is 7.14. The highest BCUT2D eigenvalue weighted by atomic mass is 19.1. The van der Waals surface area contributed by atoms with Gasteiger partial charge < -0.3 is 19.8 Å². The fourth-order valence-electron chi connectivity index (χ4n) is 3.08. The highest BCUT2D eigenvalue weighted by molar-refractivity contribution is 5.69. The van der Waals surface area contributed by atoms with Crippen molar-refractivity contribution < 1.29 is 24.1 Å². The van der Waals surface area contributed by atoms with Crippen LogP contribution in [0.25, 0.3) is 0 Å². The highest BCUT2D eigenvalue weighted by Gasteiger charge is 2.37. The van der Waals surface area contributed by atoms with Crippen LogP contribution in [0, 0.1) is 5.82 Å². The molecule has 1 aromatic rings. The van der Waals surface area contributed by atoms with Crippen LogP contribution in [0.1, 0.15) is 50.8 Å². The standard InChI is InChI=1S/C18H26FNO4/c1-18(2,3)24-17(23)20-9-4-5-15(20)16(22)14-7-6-13(19)11-12(14)8-10-21/h6-7,11,15-16,21-22H,4-5,8-10H2,1-3H3/t15-,16?/m1/s1. The summed E-state index contributed by atoms with van der Waals surface area (Å²) in [5, 5.41) is 19.9. The summed E-state index contributed by atoms with van der Waals surface area (Å²) in [4.78, 5) is 13.9. The summed E-state index contributed by atoms with van der Waals surface area (Å²) in [6.45, 7) is 5.78. The van der Waals surface area contributed by atoms with Crippen LogP contribution in [0.2, 0.25) is 0 Å². The van der Waals surface area contributed by atoms with Crippen LogP contribution in [-0.4, -0.2) is 46.0 Å². The van der Waals surface area contributed by atoms with Gasteiger partial charge >= 0.3 is 6.09 Å². The van der Waals surface area contributed by atoms with E-state index in [9.17, 15) is 14.3 Å². The predicted molar refractivity (Wildman–Crippen MR) is 88.1 cm³/mol. The lowest BCUT2D eigenvalue weighted by Crippen LogP contribution is -2.42. The number of aliphatic hydroxyl groups is 2. The molecule has 0 saturated carbocycles. The number of carbonyl (C=O) groups excluding carboxylic acids is 1. The molecule has 0 aliphatic carbocycles. The van der Waals surface area contributed by atoms with Crippen molar-refractivity contribution in [1.29, 1.82) is 0 Å². The first kappa shape index (κ1) is 18.7. The Hall–Kier alpha value is -1.66. The van der Waals surface area contributed by atoms with Gasteiger partial charge in [0.25, 0.3) is 0 Å². The van der Waals surface area contributed by atoms with Gasteiger partial charge in [0.1, 0.15) is 11.4 Å². The minimum atomic E-state index is -0.942. The molecular formula is C18H26FNO4. The summed E-state index contributed by atoms with van der Waals surface area (Å²) < 4.78 is 18.9. The van der Waals surface area contributed by atoms with Gasteiger partial charge in [0.2, 0.25) is 0 Å². The van der Waals surface area contributed by atoms with E-state index >= 15 is 0 Å². The Bertz CT molecular complexity index is 585. The fraction of sp³-hybridized carbons (Fsp3) is 0.611. The molecule has 1 amide bonds. The smallest absolute Gasteiger partial charge is 0.410 e. The van der Waals surface area contributed by atoms with Gasteiger partial charge in [0.05, 0.1) is 12.1 Å². The molecule has 1 heterocycles. The van der Waals surface area contributed by atoms with Crippen LogP contribution in [0.5, 0.6) is 0 Å². The molecule has 1 aliphatic rings. The zero-order valence-electron chi connectivity index (χ0n) is 14.5. The summed E-state index contributed by atoms with van der Waals surface area (Å²) in [5.74, 6) is -0.412. The molecule has 1 aliphatic heterocycles. The minimum absolute atomic E-state index is 0.135. The van der Waals surface area contributed by atoms with E-state index in [4.69, 9.17) is 9.84 Å². The van der Waals surface area contributed by atoms with E-state index in [0.717, 1.165) is 6.42 Å². The largest absolute Gasteiger partial charge is 0.444 e. The van der Waals surface area contributed by atoms with Crippen LogP contribution < -0.4 is 0 Å². The van der Waals surface area contributed by atoms with Gasteiger partial charge in [0.15, 0.2) is 0 Å². The van der Waals surface area contributed by atoms with E-state index in [1.54, 1.807) is 25.7 Å². The van der Waals surface area contributed by atoms with Gasteiger partial charge in [0, 0.05) is 13.2 Å². The van der Waals surface area contributed by atoms with Crippen LogP contribution in [-0.2, 0) is 11.2 Å². The zero-order valence-corrected chi connectivity index (χ0v) is 14.5. The highest BCUT2D eigenvalue weighted by Crippen LogP contribution is 2.32. The molecule has 0 bridgehead atoms. The number of hydrogen-bond acceptors (Lipinski definition) is 4. The van der Waals surface area contributed by atoms with Crippen molar-refractivity contribution in [2.24, 2.45) is 0 Å². The Balaban J connectivity index is 2.22. The minimum Gasteiger partial charge on any atom is -0.444 e. The van der Waals surface area contributed by atoms with Crippen molar-refractivity contribution in [3.8, 4) is 0 Å². The average Bonchev–Trinajstić information content (AvgIpc) is 2.95. The first-order chi connectivity index (χ1) is 11.2. The van der Waals surface area contributed by atoms with E-state index in [0.29, 0.717) is 24.1 Å². The van der Waals surface area contributed by atoms with Crippen molar-refractivity contribution in [1.82, 2.24) is 4.90 Å². The van der Waals surface area contributed by atoms with Crippen molar-refractivity contribution in [3.05, 3.63) is 35.1 Å². The molecule has 2 N–H and O–H groups in total. The van der Waals surface area contributed by atoms with Crippen molar-refractivity contribution in [2.45, 2.75) is 57.8 Å². The van der Waals surface area contributed by atoms with Crippen LogP contribution >= 0.6 is 0 Å². The second-order valence-corrected chi connectivity index (χ2v) is 7.14. The Morgan fingerprint density at radius 3 is 2.79 bits per heavy atom. The van der Waals surface area contributed by atoms with Gasteiger partial charge in [-0.3, -0.25) is 0 Å². The molecular weight excluding hydrogens is 313 g/mol. The summed E-state index contributed by atoms with van der Waals surface area (Å²) in [6.07, 6.45) is 0.286. The van der Waals surface area contributed by atoms with Gasteiger partial charge in [-0.2, -0.15) is 0 Å². The molecule has 1 aromatic carbocycles. The molecule has 5 nitrogen and oxygen atoms in total. The molecule has 24 heavy (non-hydrogen) atoms. The molecule has 2 atom stereocenters. The number of likely N-dealkylation sites (tertiary alicyclic amines) is 1. The third-order valence-corrected chi connectivity index (χ3v) is 4.10. The summed E-state index contributed by atoms with van der Waals surface area (Å²) in [6, 6.07) is 3.72. The normalized spacial score (nSPS) is 19.4. The maximum atomic E-state index is 13.5. The molecule has 1 unspecified atom stereocenters. The van der Waals surface area contributed by atoms with Gasteiger partial charge in [-0.25, -0.2) is 9.18 Å². The number of benzene rings is 1. The summed E-state index contributed by atoms with van der Waals surface area (Å²) in [7, 11) is 0. The van der Waals surface area contributed by atoms with E-state index in [-0.39, 0.29) is 13.0 Å². The number of nitrogens with zero attached hydrogens (tertiary/aromatic N) is 1. The van der Waals surface area contributed by atoms with Crippen molar-refractivity contribution in [2.75, 3.05) is 13.2 Å². The Labute approximate surface area is 142 Å². The lowest BCUT2D eigenvalue weighted by molar-refractivity contribution is 0.00471. The van der Waals surface area contributed by atoms with E-state index in [2.05, 4.69) is 0 Å². The van der Waals surface area contributed by atoms with Gasteiger partial charge in [-0.1, -0.05) is 6.07 Å². The SMILES string of the molecule is CC(C)(C)OC(=O)N1CCC[C@@H]1C(O)c1ccc(F)cc1CCO. The summed E-state index contributed by atoms with van der Waals surface area (Å²) >= 11 is 0. The van der Waals surface area contributed by atoms with E-state index in [1.165, 1.54) is 18.2 Å². The third kappa shape index (κ3) is 4.45. The topological polar surface area (TPSA) is 70.0 Å². The molecule has 2 rings (SSSR count). The van der Waals surface area contributed by atoms with Gasteiger partial charge in [-0.05, 0) is 63.3 Å². The lowest BCUT2D eigenvalue weighted by atomic mass is 9.94. The number of rotatable bonds is 4. The molecule has 6 heteroatoms. The molecule has 0 radical (unpaired) electrons. The maximum absolute atomic E-state index is 13.5. The van der Waals surface area contributed by atoms with Crippen LogP contribution in [0.4, 0.5) is 9.18 Å². The van der Waals surface area contributed by atoms with Crippen LogP contribution in [0.3, 0.4) is 0 Å². The summed E-state index contributed by atoms with van der Waals surface area (Å²) in [5.41, 5.74) is 0.500. The molecule has 0 aromatic heterocycles. The Morgan fingerprint density at radius 2 is 2.17 bits per heavy atom. The lowest BCUT2D eigenvalue weighted by Gasteiger charge is -2.31. The second kappa shape index (κ2) is 7.49. The van der Waals surface area contributed by atoms with Crippen molar-refractivity contribution >= 4 is 6.09 Å². The molecule has 1 saturated heterocycles. The number of aliphatic hydroxyl groups excluding tert-OH is 2. The zero-order chi connectivity index (χ0) is 17.9. The first-order valence-electron chi connectivity index (χ1n) is 8.30. The number of halogens is 1. The van der Waals surface area contributed by atoms with Crippen LogP contribution in [0.15, 0.2) is 18.2 Å². The molecule has 1 fully saturated rings. The monoisotopic (exact) mass is 339 g/mol. The number of amides is 1. The predicted octanol–water partition coefficient (Wildman–Crippen LogP) is 2.79. The quantitative estimate of drug-likeness (QED) is 0.885. The maximum Gasteiger partial charge on any atom is 0.410 e. The van der Waals surface area contributed by atoms with E-state index < -0.39 is 29.7 Å². The Morgan fingerprint density at radius 1 is 1.46 bits per heavy atom. The number of ether oxygens (including phenoxy) is 1. The first-order valence-corrected chi connectivity index (χ1v) is 8.30. The van der Waals surface area contributed by atoms with Gasteiger partial charge in [-0.15, -0.1) is 0 Å². The molecule has 134 valence electrons. The third-order valence-electron chi connectivity index (χ3n) is 4.10. The van der Waals surface area contributed by atoms with Crippen molar-refractivity contribution in [3.63, 3.8) is 0 Å². The Kier molecular flexibility index (Phi) is 5.83. The fourth-order valence-corrected chi connectivity index (χ4v) is 3.08.